The summed E-state index contributed by atoms with van der Waals surface area (Å²) < 4.78 is 15.4. The molecule has 6 nitrogen and oxygen atoms in total. The van der Waals surface area contributed by atoms with Crippen LogP contribution in [0.25, 0.3) is 5.69 Å². The maximum atomic E-state index is 13.5. The summed E-state index contributed by atoms with van der Waals surface area (Å²) in [5, 5.41) is 12.7. The Morgan fingerprint density at radius 3 is 2.59 bits per heavy atom. The van der Waals surface area contributed by atoms with Crippen LogP contribution in [0.1, 0.15) is 30.7 Å². The number of carbonyl (C=O) groups excluding carboxylic acids is 1. The molecular formula is C23H25ClFN5OS. The van der Waals surface area contributed by atoms with Crippen LogP contribution in [0.15, 0.2) is 47.6 Å². The number of anilines is 1. The minimum Gasteiger partial charge on any atom is -0.324 e. The second-order valence-corrected chi connectivity index (χ2v) is 9.22. The molecule has 0 aliphatic carbocycles. The standard InChI is InChI=1S/C23H25ClFN5OS/c1-16-5-10-20(19(24)13-16)26-22(31)15-32-23-28-27-21(14-29-11-3-2-4-12-29)30(23)18-8-6-17(25)7-9-18/h5-10,13H,2-4,11-12,14-15H2,1H3,(H,26,31). The van der Waals surface area contributed by atoms with Gasteiger partial charge >= 0.3 is 0 Å². The number of hydrogen-bond acceptors (Lipinski definition) is 5. The fraction of sp³-hybridized carbons (Fsp3) is 0.348. The molecule has 0 spiro atoms. The highest BCUT2D eigenvalue weighted by atomic mass is 35.5. The van der Waals surface area contributed by atoms with Gasteiger partial charge in [0.2, 0.25) is 5.91 Å². The van der Waals surface area contributed by atoms with Crippen molar-refractivity contribution in [1.29, 1.82) is 0 Å². The third-order valence-corrected chi connectivity index (χ3v) is 6.57. The number of benzene rings is 2. The molecule has 1 aliphatic heterocycles. The van der Waals surface area contributed by atoms with Gasteiger partial charge in [-0.05, 0) is 74.8 Å². The number of nitrogens with zero attached hydrogens (tertiary/aromatic N) is 4. The zero-order valence-corrected chi connectivity index (χ0v) is 19.4. The average molecular weight is 474 g/mol. The number of thioether (sulfide) groups is 1. The van der Waals surface area contributed by atoms with Crippen molar-refractivity contribution in [3.8, 4) is 5.69 Å². The Morgan fingerprint density at radius 1 is 1.12 bits per heavy atom. The Kier molecular flexibility index (Phi) is 7.44. The van der Waals surface area contributed by atoms with Crippen LogP contribution < -0.4 is 5.32 Å². The zero-order chi connectivity index (χ0) is 22.5. The Balaban J connectivity index is 1.50. The number of carbonyl (C=O) groups is 1. The number of piperidine rings is 1. The molecular weight excluding hydrogens is 449 g/mol. The number of likely N-dealkylation sites (tertiary alicyclic amines) is 1. The van der Waals surface area contributed by atoms with Crippen LogP contribution in [-0.4, -0.2) is 44.4 Å². The predicted molar refractivity (Wildman–Crippen MR) is 126 cm³/mol. The van der Waals surface area contributed by atoms with Crippen molar-refractivity contribution in [3.05, 3.63) is 64.7 Å². The first-order valence-corrected chi connectivity index (χ1v) is 12.0. The van der Waals surface area contributed by atoms with Gasteiger partial charge in [-0.1, -0.05) is 35.9 Å². The third kappa shape index (κ3) is 5.68. The van der Waals surface area contributed by atoms with E-state index in [1.165, 1.54) is 43.2 Å². The largest absolute Gasteiger partial charge is 0.324 e. The van der Waals surface area contributed by atoms with E-state index in [0.717, 1.165) is 30.2 Å². The molecule has 4 rings (SSSR count). The van der Waals surface area contributed by atoms with Crippen LogP contribution in [0, 0.1) is 12.7 Å². The van der Waals surface area contributed by atoms with E-state index < -0.39 is 0 Å². The first kappa shape index (κ1) is 22.8. The summed E-state index contributed by atoms with van der Waals surface area (Å²) in [6, 6.07) is 11.7. The Labute approximate surface area is 196 Å². The Morgan fingerprint density at radius 2 is 1.88 bits per heavy atom. The topological polar surface area (TPSA) is 63.1 Å². The van der Waals surface area contributed by atoms with Gasteiger partial charge in [-0.3, -0.25) is 14.3 Å². The molecule has 1 aromatic heterocycles. The number of rotatable bonds is 7. The van der Waals surface area contributed by atoms with Gasteiger partial charge in [-0.25, -0.2) is 4.39 Å². The Hall–Kier alpha value is -2.42. The molecule has 1 aliphatic rings. The summed E-state index contributed by atoms with van der Waals surface area (Å²) >= 11 is 7.51. The van der Waals surface area contributed by atoms with Crippen molar-refractivity contribution in [1.82, 2.24) is 19.7 Å². The van der Waals surface area contributed by atoms with E-state index >= 15 is 0 Å². The lowest BCUT2D eigenvalue weighted by Crippen LogP contribution is -2.30. The lowest BCUT2D eigenvalue weighted by Gasteiger charge is -2.26. The number of nitrogens with one attached hydrogen (secondary N) is 1. The lowest BCUT2D eigenvalue weighted by atomic mass is 10.1. The summed E-state index contributed by atoms with van der Waals surface area (Å²) in [7, 11) is 0. The maximum Gasteiger partial charge on any atom is 0.234 e. The van der Waals surface area contributed by atoms with Crippen LogP contribution in [0.3, 0.4) is 0 Å². The third-order valence-electron chi connectivity index (χ3n) is 5.33. The molecule has 0 radical (unpaired) electrons. The predicted octanol–water partition coefficient (Wildman–Crippen LogP) is 5.08. The molecule has 9 heteroatoms. The minimum absolute atomic E-state index is 0.146. The zero-order valence-electron chi connectivity index (χ0n) is 17.9. The monoisotopic (exact) mass is 473 g/mol. The van der Waals surface area contributed by atoms with Crippen LogP contribution >= 0.6 is 23.4 Å². The van der Waals surface area contributed by atoms with Gasteiger partial charge in [0.25, 0.3) is 0 Å². The number of hydrogen-bond donors (Lipinski definition) is 1. The van der Waals surface area contributed by atoms with Crippen molar-refractivity contribution in [2.24, 2.45) is 0 Å². The number of aryl methyl sites for hydroxylation is 1. The second-order valence-electron chi connectivity index (χ2n) is 7.87. The molecule has 0 saturated carbocycles. The molecule has 1 saturated heterocycles. The lowest BCUT2D eigenvalue weighted by molar-refractivity contribution is -0.113. The summed E-state index contributed by atoms with van der Waals surface area (Å²) in [6.07, 6.45) is 3.60. The van der Waals surface area contributed by atoms with Crippen molar-refractivity contribution < 1.29 is 9.18 Å². The highest BCUT2D eigenvalue weighted by molar-refractivity contribution is 7.99. The molecule has 1 N–H and O–H groups in total. The summed E-state index contributed by atoms with van der Waals surface area (Å²) in [5.41, 5.74) is 2.37. The second kappa shape index (κ2) is 10.5. The molecule has 2 aromatic carbocycles. The van der Waals surface area contributed by atoms with Crippen LogP contribution in [0.2, 0.25) is 5.02 Å². The molecule has 0 unspecified atom stereocenters. The highest BCUT2D eigenvalue weighted by Gasteiger charge is 2.20. The van der Waals surface area contributed by atoms with Gasteiger partial charge in [0, 0.05) is 5.69 Å². The molecule has 1 fully saturated rings. The SMILES string of the molecule is Cc1ccc(NC(=O)CSc2nnc(CN3CCCCC3)n2-c2ccc(F)cc2)c(Cl)c1. The van der Waals surface area contributed by atoms with Gasteiger partial charge < -0.3 is 5.32 Å². The van der Waals surface area contributed by atoms with Gasteiger partial charge in [0.15, 0.2) is 11.0 Å². The maximum absolute atomic E-state index is 13.5. The molecule has 168 valence electrons. The van der Waals surface area contributed by atoms with Crippen molar-refractivity contribution in [2.45, 2.75) is 37.9 Å². The summed E-state index contributed by atoms with van der Waals surface area (Å²) in [6.45, 7) is 4.66. The van der Waals surface area contributed by atoms with E-state index in [2.05, 4.69) is 20.4 Å². The first-order valence-electron chi connectivity index (χ1n) is 10.6. The smallest absolute Gasteiger partial charge is 0.234 e. The highest BCUT2D eigenvalue weighted by Crippen LogP contribution is 2.26. The van der Waals surface area contributed by atoms with E-state index in [0.29, 0.717) is 22.4 Å². The fourth-order valence-electron chi connectivity index (χ4n) is 3.70. The van der Waals surface area contributed by atoms with E-state index in [9.17, 15) is 9.18 Å². The number of aromatic nitrogens is 3. The van der Waals surface area contributed by atoms with Crippen LogP contribution in [0.4, 0.5) is 10.1 Å². The van der Waals surface area contributed by atoms with Gasteiger partial charge in [-0.2, -0.15) is 0 Å². The molecule has 0 bridgehead atoms. The van der Waals surface area contributed by atoms with Crippen LogP contribution in [-0.2, 0) is 11.3 Å². The number of amides is 1. The van der Waals surface area contributed by atoms with Crippen LogP contribution in [0.5, 0.6) is 0 Å². The van der Waals surface area contributed by atoms with Crippen molar-refractivity contribution in [2.75, 3.05) is 24.2 Å². The van der Waals surface area contributed by atoms with Gasteiger partial charge in [-0.15, -0.1) is 10.2 Å². The quantitative estimate of drug-likeness (QED) is 0.484. The average Bonchev–Trinajstić information content (AvgIpc) is 3.18. The number of halogens is 2. The van der Waals surface area contributed by atoms with Crippen molar-refractivity contribution >= 4 is 35.0 Å². The molecule has 2 heterocycles. The molecule has 0 atom stereocenters. The van der Waals surface area contributed by atoms with Gasteiger partial charge in [0.1, 0.15) is 5.82 Å². The van der Waals surface area contributed by atoms with E-state index in [-0.39, 0.29) is 17.5 Å². The molecule has 1 amide bonds. The fourth-order valence-corrected chi connectivity index (χ4v) is 4.75. The minimum atomic E-state index is -0.303. The van der Waals surface area contributed by atoms with E-state index in [1.807, 2.05) is 23.6 Å². The molecule has 3 aromatic rings. The molecule has 32 heavy (non-hydrogen) atoms. The summed E-state index contributed by atoms with van der Waals surface area (Å²) in [5.74, 6) is 0.436. The van der Waals surface area contributed by atoms with Crippen molar-refractivity contribution in [3.63, 3.8) is 0 Å². The van der Waals surface area contributed by atoms with E-state index in [4.69, 9.17) is 11.6 Å². The summed E-state index contributed by atoms with van der Waals surface area (Å²) in [4.78, 5) is 14.9. The van der Waals surface area contributed by atoms with E-state index in [1.54, 1.807) is 18.2 Å². The Bertz CT molecular complexity index is 1080. The first-order chi connectivity index (χ1) is 15.5. The van der Waals surface area contributed by atoms with Gasteiger partial charge in [0.05, 0.1) is 23.0 Å². The normalized spacial score (nSPS) is 14.5.